The molecular formula is C25H31N5O5. The van der Waals surface area contributed by atoms with Crippen LogP contribution in [0.1, 0.15) is 47.4 Å². The van der Waals surface area contributed by atoms with E-state index in [9.17, 15) is 9.90 Å². The van der Waals surface area contributed by atoms with E-state index in [2.05, 4.69) is 25.3 Å². The Labute approximate surface area is 203 Å². The van der Waals surface area contributed by atoms with Crippen molar-refractivity contribution in [3.8, 4) is 17.0 Å². The minimum absolute atomic E-state index is 0.00565. The largest absolute Gasteiger partial charge is 0.486 e. The second-order valence-corrected chi connectivity index (χ2v) is 9.09. The van der Waals surface area contributed by atoms with Gasteiger partial charge in [-0.25, -0.2) is 0 Å². The van der Waals surface area contributed by atoms with E-state index in [1.54, 1.807) is 12.3 Å². The Kier molecular flexibility index (Phi) is 7.74. The highest BCUT2D eigenvalue weighted by Crippen LogP contribution is 2.24. The molecule has 186 valence electrons. The topological polar surface area (TPSA) is 134 Å². The van der Waals surface area contributed by atoms with Crippen molar-refractivity contribution >= 4 is 5.91 Å². The number of aliphatic hydroxyl groups is 2. The van der Waals surface area contributed by atoms with Crippen molar-refractivity contribution in [1.82, 2.24) is 25.3 Å². The van der Waals surface area contributed by atoms with Crippen molar-refractivity contribution in [3.05, 3.63) is 59.4 Å². The number of aliphatic hydroxyl groups excluding tert-OH is 2. The molecule has 1 aromatic carbocycles. The first kappa shape index (κ1) is 24.8. The number of hydrogen-bond donors (Lipinski definition) is 3. The molecule has 4 rings (SSSR count). The molecule has 1 unspecified atom stereocenters. The average Bonchev–Trinajstić information content (AvgIpc) is 3.30. The Morgan fingerprint density at radius 3 is 2.71 bits per heavy atom. The Hall–Kier alpha value is -3.34. The standard InChI is InChI=1S/C25H31N5O5/c1-15(2)24-28-23(35-29-24)13-30-11-20(12-30)34-19-5-7-22(26-10-19)17-4-6-21(16(3)8-17)25(33)27-9-18(32)14-31/h4-8,10,15,18,20,31-32H,9,11-14H2,1-3H3,(H,27,33). The SMILES string of the molecule is Cc1cc(-c2ccc(OC3CN(Cc4nc(C(C)C)no4)C3)cn2)ccc1C(=O)NCC(O)CO. The zero-order valence-corrected chi connectivity index (χ0v) is 20.1. The number of benzene rings is 1. The summed E-state index contributed by atoms with van der Waals surface area (Å²) in [6.45, 7) is 7.68. The van der Waals surface area contributed by atoms with E-state index in [4.69, 9.17) is 14.4 Å². The quantitative estimate of drug-likeness (QED) is 0.397. The number of aryl methyl sites for hydroxylation is 1. The normalized spacial score (nSPS) is 15.1. The molecule has 3 N–H and O–H groups in total. The third-order valence-electron chi connectivity index (χ3n) is 5.80. The first-order chi connectivity index (χ1) is 16.8. The van der Waals surface area contributed by atoms with Gasteiger partial charge in [-0.05, 0) is 36.8 Å². The fourth-order valence-electron chi connectivity index (χ4n) is 3.75. The van der Waals surface area contributed by atoms with Gasteiger partial charge in [-0.15, -0.1) is 0 Å². The maximum atomic E-state index is 12.3. The van der Waals surface area contributed by atoms with E-state index in [1.165, 1.54) is 0 Å². The van der Waals surface area contributed by atoms with Crippen LogP contribution in [-0.2, 0) is 6.54 Å². The summed E-state index contributed by atoms with van der Waals surface area (Å²) in [7, 11) is 0. The Morgan fingerprint density at radius 2 is 2.09 bits per heavy atom. The van der Waals surface area contributed by atoms with Crippen LogP contribution in [0, 0.1) is 6.92 Å². The maximum absolute atomic E-state index is 12.3. The number of aromatic nitrogens is 3. The summed E-state index contributed by atoms with van der Waals surface area (Å²) < 4.78 is 11.3. The molecule has 1 aliphatic heterocycles. The monoisotopic (exact) mass is 481 g/mol. The van der Waals surface area contributed by atoms with E-state index < -0.39 is 12.7 Å². The lowest BCUT2D eigenvalue weighted by Crippen LogP contribution is -2.53. The highest BCUT2D eigenvalue weighted by molar-refractivity contribution is 5.96. The zero-order chi connectivity index (χ0) is 24.9. The third kappa shape index (κ3) is 6.21. The molecule has 1 saturated heterocycles. The molecule has 0 radical (unpaired) electrons. The molecule has 1 atom stereocenters. The second kappa shape index (κ2) is 10.9. The second-order valence-electron chi connectivity index (χ2n) is 9.09. The van der Waals surface area contributed by atoms with E-state index in [1.807, 2.05) is 45.0 Å². The number of hydrogen-bond acceptors (Lipinski definition) is 9. The maximum Gasteiger partial charge on any atom is 0.251 e. The number of carbonyl (C=O) groups is 1. The molecule has 10 heteroatoms. The van der Waals surface area contributed by atoms with Gasteiger partial charge in [0.05, 0.1) is 31.1 Å². The summed E-state index contributed by atoms with van der Waals surface area (Å²) in [6, 6.07) is 9.24. The first-order valence-corrected chi connectivity index (χ1v) is 11.7. The van der Waals surface area contributed by atoms with Crippen molar-refractivity contribution in [2.75, 3.05) is 26.2 Å². The molecule has 0 bridgehead atoms. The molecule has 0 saturated carbocycles. The fourth-order valence-corrected chi connectivity index (χ4v) is 3.75. The van der Waals surface area contributed by atoms with E-state index in [0.29, 0.717) is 23.7 Å². The number of pyridine rings is 1. The third-order valence-corrected chi connectivity index (χ3v) is 5.80. The lowest BCUT2D eigenvalue weighted by molar-refractivity contribution is 0.00844. The molecule has 0 aliphatic carbocycles. The van der Waals surface area contributed by atoms with Crippen LogP contribution in [0.25, 0.3) is 11.3 Å². The van der Waals surface area contributed by atoms with Gasteiger partial charge in [0, 0.05) is 36.7 Å². The van der Waals surface area contributed by atoms with E-state index in [-0.39, 0.29) is 24.5 Å². The van der Waals surface area contributed by atoms with E-state index >= 15 is 0 Å². The van der Waals surface area contributed by atoms with Crippen LogP contribution in [0.3, 0.4) is 0 Å². The number of rotatable bonds is 10. The summed E-state index contributed by atoms with van der Waals surface area (Å²) in [6.07, 6.45) is 0.811. The summed E-state index contributed by atoms with van der Waals surface area (Å²) in [5.74, 6) is 2.00. The molecule has 35 heavy (non-hydrogen) atoms. The molecule has 3 aromatic rings. The van der Waals surface area contributed by atoms with Crippen LogP contribution < -0.4 is 10.1 Å². The highest BCUT2D eigenvalue weighted by Gasteiger charge is 2.30. The first-order valence-electron chi connectivity index (χ1n) is 11.7. The summed E-state index contributed by atoms with van der Waals surface area (Å²) >= 11 is 0. The molecule has 1 amide bonds. The Balaban J connectivity index is 1.28. The molecule has 1 aliphatic rings. The van der Waals surface area contributed by atoms with Crippen molar-refractivity contribution in [2.24, 2.45) is 0 Å². The van der Waals surface area contributed by atoms with Gasteiger partial charge in [0.1, 0.15) is 11.9 Å². The van der Waals surface area contributed by atoms with Gasteiger partial charge in [0.25, 0.3) is 5.91 Å². The predicted octanol–water partition coefficient (Wildman–Crippen LogP) is 1.91. The van der Waals surface area contributed by atoms with E-state index in [0.717, 1.165) is 35.7 Å². The molecule has 2 aromatic heterocycles. The number of nitrogens with one attached hydrogen (secondary N) is 1. The number of nitrogens with zero attached hydrogens (tertiary/aromatic N) is 4. The van der Waals surface area contributed by atoms with Crippen LogP contribution in [0.2, 0.25) is 0 Å². The highest BCUT2D eigenvalue weighted by atomic mass is 16.5. The lowest BCUT2D eigenvalue weighted by atomic mass is 10.0. The van der Waals surface area contributed by atoms with Gasteiger partial charge in [-0.2, -0.15) is 4.98 Å². The summed E-state index contributed by atoms with van der Waals surface area (Å²) in [4.78, 5) is 23.4. The minimum Gasteiger partial charge on any atom is -0.486 e. The summed E-state index contributed by atoms with van der Waals surface area (Å²) in [5.41, 5.74) is 2.96. The number of likely N-dealkylation sites (tertiary alicyclic amines) is 1. The number of ether oxygens (including phenoxy) is 1. The molecule has 3 heterocycles. The van der Waals surface area contributed by atoms with Crippen LogP contribution >= 0.6 is 0 Å². The van der Waals surface area contributed by atoms with Crippen LogP contribution in [0.4, 0.5) is 0 Å². The van der Waals surface area contributed by atoms with Gasteiger partial charge in [0.2, 0.25) is 5.89 Å². The molecule has 1 fully saturated rings. The summed E-state index contributed by atoms with van der Waals surface area (Å²) in [5, 5.41) is 24.9. The van der Waals surface area contributed by atoms with Gasteiger partial charge >= 0.3 is 0 Å². The predicted molar refractivity (Wildman–Crippen MR) is 128 cm³/mol. The smallest absolute Gasteiger partial charge is 0.251 e. The molecular weight excluding hydrogens is 450 g/mol. The zero-order valence-electron chi connectivity index (χ0n) is 20.1. The van der Waals surface area contributed by atoms with Gasteiger partial charge in [0.15, 0.2) is 5.82 Å². The number of carbonyl (C=O) groups excluding carboxylic acids is 1. The molecule has 0 spiro atoms. The molecule has 10 nitrogen and oxygen atoms in total. The van der Waals surface area contributed by atoms with Gasteiger partial charge < -0.3 is 24.8 Å². The van der Waals surface area contributed by atoms with Crippen molar-refractivity contribution in [1.29, 1.82) is 0 Å². The van der Waals surface area contributed by atoms with Crippen molar-refractivity contribution in [2.45, 2.75) is 45.4 Å². The van der Waals surface area contributed by atoms with Crippen LogP contribution in [0.15, 0.2) is 41.1 Å². The van der Waals surface area contributed by atoms with Crippen molar-refractivity contribution in [3.63, 3.8) is 0 Å². The minimum atomic E-state index is -0.977. The Morgan fingerprint density at radius 1 is 1.29 bits per heavy atom. The van der Waals surface area contributed by atoms with Crippen LogP contribution in [-0.4, -0.2) is 74.6 Å². The van der Waals surface area contributed by atoms with Gasteiger partial charge in [-0.1, -0.05) is 25.1 Å². The van der Waals surface area contributed by atoms with Crippen LogP contribution in [0.5, 0.6) is 5.75 Å². The number of amides is 1. The fraction of sp³-hybridized carbons (Fsp3) is 0.440. The van der Waals surface area contributed by atoms with Gasteiger partial charge in [-0.3, -0.25) is 14.7 Å². The van der Waals surface area contributed by atoms with Crippen molar-refractivity contribution < 1.29 is 24.3 Å². The Bertz CT molecular complexity index is 1140. The average molecular weight is 482 g/mol. The lowest BCUT2D eigenvalue weighted by Gasteiger charge is -2.37.